The van der Waals surface area contributed by atoms with E-state index in [-0.39, 0.29) is 23.0 Å². The van der Waals surface area contributed by atoms with Crippen LogP contribution in [0.5, 0.6) is 0 Å². The quantitative estimate of drug-likeness (QED) is 0.673. The van der Waals surface area contributed by atoms with Gasteiger partial charge in [0.2, 0.25) is 11.8 Å². The van der Waals surface area contributed by atoms with Crippen molar-refractivity contribution in [3.05, 3.63) is 28.3 Å². The zero-order valence-electron chi connectivity index (χ0n) is 18.7. The van der Waals surface area contributed by atoms with Gasteiger partial charge in [0.15, 0.2) is 0 Å². The van der Waals surface area contributed by atoms with Gasteiger partial charge < -0.3 is 14.6 Å². The number of aromatic nitrogens is 1. The van der Waals surface area contributed by atoms with Crippen molar-refractivity contribution in [2.75, 3.05) is 6.54 Å². The third-order valence-corrected chi connectivity index (χ3v) is 6.35. The molecule has 1 aliphatic heterocycles. The molecular weight excluding hydrogens is 382 g/mol. The lowest BCUT2D eigenvalue weighted by Gasteiger charge is -2.49. The first-order chi connectivity index (χ1) is 13.6. The van der Waals surface area contributed by atoms with Crippen LogP contribution < -0.4 is 5.32 Å². The zero-order chi connectivity index (χ0) is 21.2. The minimum atomic E-state index is 0.00703. The Bertz CT molecular complexity index is 807. The molecule has 2 aromatic heterocycles. The number of carbonyl (C=O) groups excluding carboxylic acids is 1. The van der Waals surface area contributed by atoms with Crippen molar-refractivity contribution < 1.29 is 9.21 Å². The molecule has 0 atom stereocenters. The average Bonchev–Trinajstić information content (AvgIpc) is 3.23. The molecule has 0 radical (unpaired) electrons. The summed E-state index contributed by atoms with van der Waals surface area (Å²) in [7, 11) is 0. The number of unbranched alkanes of at least 4 members (excludes halogenated alkanes) is 1. The van der Waals surface area contributed by atoms with E-state index in [1.807, 2.05) is 23.8 Å². The molecule has 3 heterocycles. The van der Waals surface area contributed by atoms with Crippen molar-refractivity contribution in [3.63, 3.8) is 0 Å². The monoisotopic (exact) mass is 417 g/mol. The summed E-state index contributed by atoms with van der Waals surface area (Å²) >= 11 is 1.61. The molecule has 1 amide bonds. The number of amides is 1. The van der Waals surface area contributed by atoms with Gasteiger partial charge in [-0.05, 0) is 65.3 Å². The summed E-state index contributed by atoms with van der Waals surface area (Å²) in [5, 5.41) is 7.75. The topological polar surface area (TPSA) is 58.4 Å². The smallest absolute Gasteiger partial charge is 0.228 e. The molecule has 0 saturated carbocycles. The van der Waals surface area contributed by atoms with Crippen LogP contribution >= 0.6 is 11.3 Å². The van der Waals surface area contributed by atoms with E-state index in [1.165, 1.54) is 0 Å². The lowest BCUT2D eigenvalue weighted by atomic mass is 9.79. The van der Waals surface area contributed by atoms with Crippen LogP contribution in [0.2, 0.25) is 0 Å². The van der Waals surface area contributed by atoms with Gasteiger partial charge in [0, 0.05) is 34.6 Å². The van der Waals surface area contributed by atoms with Gasteiger partial charge in [0.05, 0.1) is 12.1 Å². The van der Waals surface area contributed by atoms with E-state index in [2.05, 4.69) is 49.8 Å². The number of nitrogens with one attached hydrogen (secondary N) is 1. The SMILES string of the molecule is CCCCN(C(=O)Cc1nc(-c2ccsc2)oc1C)C1CC(C)(C)NC(C)(C)C1. The minimum Gasteiger partial charge on any atom is -0.441 e. The number of carbonyl (C=O) groups is 1. The number of rotatable bonds is 7. The number of piperidine rings is 1. The van der Waals surface area contributed by atoms with E-state index < -0.39 is 0 Å². The van der Waals surface area contributed by atoms with Crippen LogP contribution in [0.1, 0.15) is 71.8 Å². The van der Waals surface area contributed by atoms with Gasteiger partial charge in [-0.2, -0.15) is 11.3 Å². The van der Waals surface area contributed by atoms with Gasteiger partial charge in [0.1, 0.15) is 5.76 Å². The molecule has 3 rings (SSSR count). The highest BCUT2D eigenvalue weighted by Gasteiger charge is 2.41. The second kappa shape index (κ2) is 8.60. The number of hydrogen-bond acceptors (Lipinski definition) is 5. The van der Waals surface area contributed by atoms with Crippen molar-refractivity contribution in [1.82, 2.24) is 15.2 Å². The molecule has 0 aromatic carbocycles. The van der Waals surface area contributed by atoms with Crippen molar-refractivity contribution >= 4 is 17.2 Å². The number of nitrogens with zero attached hydrogens (tertiary/aromatic N) is 2. The lowest BCUT2D eigenvalue weighted by molar-refractivity contribution is -0.134. The van der Waals surface area contributed by atoms with E-state index in [0.29, 0.717) is 12.3 Å². The summed E-state index contributed by atoms with van der Waals surface area (Å²) in [5.41, 5.74) is 1.74. The van der Waals surface area contributed by atoms with Crippen molar-refractivity contribution in [2.45, 2.75) is 90.8 Å². The van der Waals surface area contributed by atoms with Crippen LogP contribution in [-0.2, 0) is 11.2 Å². The summed E-state index contributed by atoms with van der Waals surface area (Å²) in [6.45, 7) is 13.8. The molecule has 0 bridgehead atoms. The highest BCUT2D eigenvalue weighted by molar-refractivity contribution is 7.08. The first-order valence-corrected chi connectivity index (χ1v) is 11.6. The van der Waals surface area contributed by atoms with Crippen LogP contribution in [0.25, 0.3) is 11.5 Å². The van der Waals surface area contributed by atoms with Crippen molar-refractivity contribution in [1.29, 1.82) is 0 Å². The molecule has 0 unspecified atom stereocenters. The molecule has 2 aromatic rings. The fourth-order valence-electron chi connectivity index (χ4n) is 4.67. The van der Waals surface area contributed by atoms with Crippen LogP contribution in [-0.4, -0.2) is 39.5 Å². The van der Waals surface area contributed by atoms with Crippen LogP contribution in [0, 0.1) is 6.92 Å². The molecule has 1 aliphatic rings. The predicted octanol–water partition coefficient (Wildman–Crippen LogP) is 5.19. The molecule has 29 heavy (non-hydrogen) atoms. The van der Waals surface area contributed by atoms with Gasteiger partial charge in [0.25, 0.3) is 0 Å². The van der Waals surface area contributed by atoms with Crippen molar-refractivity contribution in [3.8, 4) is 11.5 Å². The van der Waals surface area contributed by atoms with E-state index in [9.17, 15) is 4.79 Å². The molecule has 1 N–H and O–H groups in total. The predicted molar refractivity (Wildman–Crippen MR) is 119 cm³/mol. The molecule has 0 spiro atoms. The normalized spacial score (nSPS) is 18.7. The van der Waals surface area contributed by atoms with E-state index in [1.54, 1.807) is 11.3 Å². The summed E-state index contributed by atoms with van der Waals surface area (Å²) in [6.07, 6.45) is 4.32. The first kappa shape index (κ1) is 22.0. The third-order valence-electron chi connectivity index (χ3n) is 5.66. The zero-order valence-corrected chi connectivity index (χ0v) is 19.5. The summed E-state index contributed by atoms with van der Waals surface area (Å²) < 4.78 is 5.85. The van der Waals surface area contributed by atoms with Gasteiger partial charge >= 0.3 is 0 Å². The second-order valence-electron chi connectivity index (χ2n) is 9.61. The molecule has 5 nitrogen and oxygen atoms in total. The Morgan fingerprint density at radius 1 is 1.31 bits per heavy atom. The molecule has 1 saturated heterocycles. The van der Waals surface area contributed by atoms with E-state index in [4.69, 9.17) is 4.42 Å². The highest BCUT2D eigenvalue weighted by Crippen LogP contribution is 2.32. The maximum absolute atomic E-state index is 13.4. The van der Waals surface area contributed by atoms with Crippen LogP contribution in [0.4, 0.5) is 0 Å². The minimum absolute atomic E-state index is 0.00703. The fraction of sp³-hybridized carbons (Fsp3) is 0.652. The number of hydrogen-bond donors (Lipinski definition) is 1. The lowest BCUT2D eigenvalue weighted by Crippen LogP contribution is -2.63. The van der Waals surface area contributed by atoms with Crippen molar-refractivity contribution in [2.24, 2.45) is 0 Å². The molecule has 160 valence electrons. The van der Waals surface area contributed by atoms with Crippen LogP contribution in [0.3, 0.4) is 0 Å². The van der Waals surface area contributed by atoms with E-state index >= 15 is 0 Å². The second-order valence-corrected chi connectivity index (χ2v) is 10.4. The molecule has 1 fully saturated rings. The van der Waals surface area contributed by atoms with Gasteiger partial charge in [-0.1, -0.05) is 13.3 Å². The Labute approximate surface area is 178 Å². The number of thiophene rings is 1. The Morgan fingerprint density at radius 2 is 2.00 bits per heavy atom. The molecule has 0 aliphatic carbocycles. The fourth-order valence-corrected chi connectivity index (χ4v) is 5.30. The first-order valence-electron chi connectivity index (χ1n) is 10.7. The maximum atomic E-state index is 13.4. The Kier molecular flexibility index (Phi) is 6.54. The third kappa shape index (κ3) is 5.48. The highest BCUT2D eigenvalue weighted by atomic mass is 32.1. The van der Waals surface area contributed by atoms with Gasteiger partial charge in [-0.15, -0.1) is 0 Å². The van der Waals surface area contributed by atoms with Crippen LogP contribution in [0.15, 0.2) is 21.2 Å². The summed E-state index contributed by atoms with van der Waals surface area (Å²) in [6, 6.07) is 2.23. The molecule has 6 heteroatoms. The Morgan fingerprint density at radius 3 is 2.59 bits per heavy atom. The number of aryl methyl sites for hydroxylation is 1. The summed E-state index contributed by atoms with van der Waals surface area (Å²) in [4.78, 5) is 20.2. The van der Waals surface area contributed by atoms with Gasteiger partial charge in [-0.25, -0.2) is 4.98 Å². The maximum Gasteiger partial charge on any atom is 0.228 e. The van der Waals surface area contributed by atoms with E-state index in [0.717, 1.165) is 49.2 Å². The standard InChI is InChI=1S/C23H35N3O2S/c1-7-8-10-26(18-13-22(3,4)25-23(5,6)14-18)20(27)12-19-16(2)28-21(24-19)17-9-11-29-15-17/h9,11,15,18,25H,7-8,10,12-14H2,1-6H3. The average molecular weight is 418 g/mol. The number of oxazole rings is 1. The molecular formula is C23H35N3O2S. The summed E-state index contributed by atoms with van der Waals surface area (Å²) in [5.74, 6) is 1.50. The largest absolute Gasteiger partial charge is 0.441 e. The van der Waals surface area contributed by atoms with Gasteiger partial charge in [-0.3, -0.25) is 4.79 Å². The Hall–Kier alpha value is -1.66. The Balaban J connectivity index is 1.79.